The van der Waals surface area contributed by atoms with Crippen LogP contribution in [0.1, 0.15) is 49.1 Å². The fourth-order valence-electron chi connectivity index (χ4n) is 4.03. The van der Waals surface area contributed by atoms with Crippen molar-refractivity contribution < 1.29 is 18.7 Å². The van der Waals surface area contributed by atoms with Gasteiger partial charge in [0.15, 0.2) is 0 Å². The Hall–Kier alpha value is -3.28. The topological polar surface area (TPSA) is 80.6 Å². The van der Waals surface area contributed by atoms with Crippen molar-refractivity contribution in [3.05, 3.63) is 54.3 Å². The molecule has 30 heavy (non-hydrogen) atoms. The molecule has 6 heteroatoms. The van der Waals surface area contributed by atoms with Crippen LogP contribution in [0.25, 0.3) is 11.0 Å². The summed E-state index contributed by atoms with van der Waals surface area (Å²) in [5.41, 5.74) is 1.59. The van der Waals surface area contributed by atoms with Gasteiger partial charge in [0.1, 0.15) is 17.0 Å². The lowest BCUT2D eigenvalue weighted by Crippen LogP contribution is -2.17. The summed E-state index contributed by atoms with van der Waals surface area (Å²) in [6, 6.07) is 14.3. The number of para-hydroxylation sites is 1. The van der Waals surface area contributed by atoms with Crippen molar-refractivity contribution in [3.8, 4) is 5.75 Å². The second kappa shape index (κ2) is 9.03. The molecule has 2 N–H and O–H groups in total. The smallest absolute Gasteiger partial charge is 0.293 e. The van der Waals surface area contributed by atoms with Crippen molar-refractivity contribution in [2.24, 2.45) is 5.92 Å². The largest absolute Gasteiger partial charge is 0.497 e. The normalized spacial score (nSPS) is 14.0. The van der Waals surface area contributed by atoms with Crippen molar-refractivity contribution in [1.29, 1.82) is 0 Å². The number of benzene rings is 2. The first-order valence-electron chi connectivity index (χ1n) is 10.4. The second-order valence-corrected chi connectivity index (χ2v) is 7.72. The van der Waals surface area contributed by atoms with Crippen molar-refractivity contribution >= 4 is 34.2 Å². The Morgan fingerprint density at radius 2 is 1.77 bits per heavy atom. The molecular formula is C24H26N2O4. The molecule has 6 nitrogen and oxygen atoms in total. The van der Waals surface area contributed by atoms with Gasteiger partial charge in [0.2, 0.25) is 11.7 Å². The molecule has 0 unspecified atom stereocenters. The van der Waals surface area contributed by atoms with E-state index in [2.05, 4.69) is 10.6 Å². The quantitative estimate of drug-likeness (QED) is 0.535. The van der Waals surface area contributed by atoms with Gasteiger partial charge in [-0.1, -0.05) is 37.8 Å². The van der Waals surface area contributed by atoms with Crippen LogP contribution in [0, 0.1) is 5.92 Å². The number of carbonyl (C=O) groups excluding carboxylic acids is 2. The van der Waals surface area contributed by atoms with Crippen LogP contribution in [0.4, 0.5) is 11.4 Å². The maximum absolute atomic E-state index is 12.9. The highest BCUT2D eigenvalue weighted by molar-refractivity contribution is 6.14. The molecule has 2 amide bonds. The SMILES string of the molecule is COc1ccc(NC(=O)c2oc3ccccc3c2NC(=O)CCC2CCCC2)cc1. The van der Waals surface area contributed by atoms with Crippen LogP contribution >= 0.6 is 0 Å². The summed E-state index contributed by atoms with van der Waals surface area (Å²) in [5, 5.41) is 6.46. The average molecular weight is 406 g/mol. The summed E-state index contributed by atoms with van der Waals surface area (Å²) in [7, 11) is 1.59. The first kappa shape index (κ1) is 20.0. The van der Waals surface area contributed by atoms with Gasteiger partial charge >= 0.3 is 0 Å². The molecule has 1 saturated carbocycles. The first-order chi connectivity index (χ1) is 14.6. The Labute approximate surface area is 175 Å². The molecule has 0 bridgehead atoms. The molecule has 0 atom stereocenters. The second-order valence-electron chi connectivity index (χ2n) is 7.72. The highest BCUT2D eigenvalue weighted by atomic mass is 16.5. The Morgan fingerprint density at radius 3 is 2.50 bits per heavy atom. The molecule has 1 fully saturated rings. The van der Waals surface area contributed by atoms with Crippen LogP contribution in [0.15, 0.2) is 52.9 Å². The molecule has 156 valence electrons. The van der Waals surface area contributed by atoms with Crippen molar-refractivity contribution in [3.63, 3.8) is 0 Å². The monoisotopic (exact) mass is 406 g/mol. The minimum Gasteiger partial charge on any atom is -0.497 e. The predicted molar refractivity (Wildman–Crippen MR) is 117 cm³/mol. The number of furan rings is 1. The van der Waals surface area contributed by atoms with Gasteiger partial charge in [-0.15, -0.1) is 0 Å². The molecule has 4 rings (SSSR count). The lowest BCUT2D eigenvalue weighted by atomic mass is 10.0. The van der Waals surface area contributed by atoms with Gasteiger partial charge in [-0.05, 0) is 48.7 Å². The average Bonchev–Trinajstić information content (AvgIpc) is 3.41. The molecule has 2 aromatic carbocycles. The third-order valence-electron chi connectivity index (χ3n) is 5.67. The van der Waals surface area contributed by atoms with Crippen molar-refractivity contribution in [2.45, 2.75) is 38.5 Å². The van der Waals surface area contributed by atoms with Gasteiger partial charge in [-0.25, -0.2) is 0 Å². The van der Waals surface area contributed by atoms with E-state index >= 15 is 0 Å². The van der Waals surface area contributed by atoms with Gasteiger partial charge in [0.05, 0.1) is 7.11 Å². The van der Waals surface area contributed by atoms with Crippen LogP contribution in [0.3, 0.4) is 0 Å². The Kier molecular flexibility index (Phi) is 6.02. The standard InChI is InChI=1S/C24H26N2O4/c1-29-18-13-11-17(12-14-18)25-24(28)23-22(19-8-4-5-9-20(19)30-23)26-21(27)15-10-16-6-2-3-7-16/h4-5,8-9,11-14,16H,2-3,6-7,10,15H2,1H3,(H,25,28)(H,26,27). The molecule has 1 aliphatic rings. The van der Waals surface area contributed by atoms with Crippen molar-refractivity contribution in [2.75, 3.05) is 17.7 Å². The summed E-state index contributed by atoms with van der Waals surface area (Å²) >= 11 is 0. The summed E-state index contributed by atoms with van der Waals surface area (Å²) in [4.78, 5) is 25.5. The van der Waals surface area contributed by atoms with Crippen LogP contribution in [-0.2, 0) is 4.79 Å². The first-order valence-corrected chi connectivity index (χ1v) is 10.4. The van der Waals surface area contributed by atoms with Gasteiger partial charge in [-0.3, -0.25) is 9.59 Å². The number of carbonyl (C=O) groups is 2. The molecule has 3 aromatic rings. The Bertz CT molecular complexity index is 1030. The molecule has 1 aromatic heterocycles. The van der Waals surface area contributed by atoms with E-state index in [9.17, 15) is 9.59 Å². The Morgan fingerprint density at radius 1 is 1.03 bits per heavy atom. The van der Waals surface area contributed by atoms with Crippen LogP contribution in [0.5, 0.6) is 5.75 Å². The number of anilines is 2. The number of fused-ring (bicyclic) bond motifs is 1. The summed E-state index contributed by atoms with van der Waals surface area (Å²) in [6.07, 6.45) is 6.26. The van der Waals surface area contributed by atoms with E-state index in [1.54, 1.807) is 37.4 Å². The lowest BCUT2D eigenvalue weighted by molar-refractivity contribution is -0.116. The zero-order chi connectivity index (χ0) is 20.9. The van der Waals surface area contributed by atoms with E-state index < -0.39 is 5.91 Å². The number of nitrogens with one attached hydrogen (secondary N) is 2. The van der Waals surface area contributed by atoms with E-state index in [4.69, 9.17) is 9.15 Å². The molecule has 1 aliphatic carbocycles. The molecule has 1 heterocycles. The third kappa shape index (κ3) is 4.48. The van der Waals surface area contributed by atoms with Crippen LogP contribution in [-0.4, -0.2) is 18.9 Å². The molecule has 0 saturated heterocycles. The highest BCUT2D eigenvalue weighted by Gasteiger charge is 2.23. The van der Waals surface area contributed by atoms with Gasteiger partial charge in [0, 0.05) is 17.5 Å². The minimum atomic E-state index is -0.414. The van der Waals surface area contributed by atoms with E-state index in [0.717, 1.165) is 6.42 Å². The lowest BCUT2D eigenvalue weighted by Gasteiger charge is -2.10. The summed E-state index contributed by atoms with van der Waals surface area (Å²) < 4.78 is 10.9. The van der Waals surface area contributed by atoms with Gasteiger partial charge < -0.3 is 19.8 Å². The summed E-state index contributed by atoms with van der Waals surface area (Å²) in [5.74, 6) is 0.928. The zero-order valence-electron chi connectivity index (χ0n) is 17.1. The highest BCUT2D eigenvalue weighted by Crippen LogP contribution is 2.33. The minimum absolute atomic E-state index is 0.0908. The van der Waals surface area contributed by atoms with E-state index in [1.807, 2.05) is 18.2 Å². The van der Waals surface area contributed by atoms with Crippen LogP contribution in [0.2, 0.25) is 0 Å². The molecule has 0 aliphatic heterocycles. The molecular weight excluding hydrogens is 380 g/mol. The van der Waals surface area contributed by atoms with E-state index in [1.165, 1.54) is 25.7 Å². The van der Waals surface area contributed by atoms with Gasteiger partial charge in [-0.2, -0.15) is 0 Å². The number of amides is 2. The van der Waals surface area contributed by atoms with Gasteiger partial charge in [0.25, 0.3) is 5.91 Å². The third-order valence-corrected chi connectivity index (χ3v) is 5.67. The molecule has 0 spiro atoms. The fourth-order valence-corrected chi connectivity index (χ4v) is 4.03. The number of rotatable bonds is 7. The maximum Gasteiger partial charge on any atom is 0.293 e. The van der Waals surface area contributed by atoms with Crippen molar-refractivity contribution in [1.82, 2.24) is 0 Å². The Balaban J connectivity index is 1.52. The van der Waals surface area contributed by atoms with E-state index in [0.29, 0.717) is 40.4 Å². The fraction of sp³-hybridized carbons (Fsp3) is 0.333. The van der Waals surface area contributed by atoms with Crippen LogP contribution < -0.4 is 15.4 Å². The zero-order valence-corrected chi connectivity index (χ0v) is 17.1. The number of hydrogen-bond donors (Lipinski definition) is 2. The number of hydrogen-bond acceptors (Lipinski definition) is 4. The number of ether oxygens (including phenoxy) is 1. The predicted octanol–water partition coefficient (Wildman–Crippen LogP) is 5.60. The summed E-state index contributed by atoms with van der Waals surface area (Å²) in [6.45, 7) is 0. The van der Waals surface area contributed by atoms with E-state index in [-0.39, 0.29) is 11.7 Å². The molecule has 0 radical (unpaired) electrons. The number of methoxy groups -OCH3 is 1. The maximum atomic E-state index is 12.9.